The van der Waals surface area contributed by atoms with E-state index in [4.69, 9.17) is 5.73 Å². The molecule has 2 aliphatic carbocycles. The largest absolute Gasteiger partial charge is 0.330 e. The van der Waals surface area contributed by atoms with E-state index in [0.29, 0.717) is 0 Å². The van der Waals surface area contributed by atoms with E-state index in [2.05, 4.69) is 11.9 Å². The van der Waals surface area contributed by atoms with Gasteiger partial charge in [-0.25, -0.2) is 0 Å². The lowest BCUT2D eigenvalue weighted by Gasteiger charge is -2.35. The van der Waals surface area contributed by atoms with Crippen LogP contribution in [0.5, 0.6) is 0 Å². The summed E-state index contributed by atoms with van der Waals surface area (Å²) in [5, 5.41) is 0. The Morgan fingerprint density at radius 2 is 1.62 bits per heavy atom. The van der Waals surface area contributed by atoms with E-state index < -0.39 is 0 Å². The Kier molecular flexibility index (Phi) is 4.66. The molecule has 2 saturated carbocycles. The van der Waals surface area contributed by atoms with Crippen molar-refractivity contribution in [3.8, 4) is 0 Å². The van der Waals surface area contributed by atoms with Gasteiger partial charge in [-0.3, -0.25) is 0 Å². The lowest BCUT2D eigenvalue weighted by Crippen LogP contribution is -2.43. The maximum atomic E-state index is 5.90. The maximum Gasteiger partial charge on any atom is 0.0135 e. The Morgan fingerprint density at radius 3 is 2.25 bits per heavy atom. The molecule has 0 saturated heterocycles. The highest BCUT2D eigenvalue weighted by atomic mass is 15.2. The Labute approximate surface area is 101 Å². The average molecular weight is 224 g/mol. The second-order valence-electron chi connectivity index (χ2n) is 5.80. The van der Waals surface area contributed by atoms with Crippen LogP contribution in [0.2, 0.25) is 0 Å². The van der Waals surface area contributed by atoms with Gasteiger partial charge in [0.1, 0.15) is 0 Å². The van der Waals surface area contributed by atoms with Crippen molar-refractivity contribution in [1.29, 1.82) is 0 Å². The number of hydrogen-bond donors (Lipinski definition) is 1. The second kappa shape index (κ2) is 6.02. The highest BCUT2D eigenvalue weighted by Crippen LogP contribution is 2.32. The van der Waals surface area contributed by atoms with Crippen molar-refractivity contribution in [2.24, 2.45) is 11.7 Å². The molecule has 94 valence electrons. The third kappa shape index (κ3) is 2.78. The first-order chi connectivity index (χ1) is 7.83. The zero-order valence-corrected chi connectivity index (χ0v) is 10.8. The van der Waals surface area contributed by atoms with Gasteiger partial charge in [0.05, 0.1) is 0 Å². The summed E-state index contributed by atoms with van der Waals surface area (Å²) in [6.45, 7) is 0.891. The molecule has 2 N–H and O–H groups in total. The van der Waals surface area contributed by atoms with Crippen LogP contribution in [0, 0.1) is 5.92 Å². The van der Waals surface area contributed by atoms with Crippen LogP contribution in [-0.2, 0) is 0 Å². The van der Waals surface area contributed by atoms with Gasteiger partial charge in [0, 0.05) is 12.1 Å². The quantitative estimate of drug-likeness (QED) is 0.747. The van der Waals surface area contributed by atoms with Gasteiger partial charge >= 0.3 is 0 Å². The van der Waals surface area contributed by atoms with Gasteiger partial charge in [0.25, 0.3) is 0 Å². The summed E-state index contributed by atoms with van der Waals surface area (Å²) >= 11 is 0. The molecule has 2 aliphatic rings. The average Bonchev–Trinajstić information content (AvgIpc) is 2.61. The van der Waals surface area contributed by atoms with Gasteiger partial charge in [-0.15, -0.1) is 0 Å². The third-order valence-corrected chi connectivity index (χ3v) is 4.85. The minimum absolute atomic E-state index is 0.772. The predicted octanol–water partition coefficient (Wildman–Crippen LogP) is 2.77. The molecule has 2 heteroatoms. The van der Waals surface area contributed by atoms with Gasteiger partial charge in [0.2, 0.25) is 0 Å². The lowest BCUT2D eigenvalue weighted by molar-refractivity contribution is 0.130. The Hall–Kier alpha value is -0.0800. The van der Waals surface area contributed by atoms with Crippen LogP contribution < -0.4 is 5.73 Å². The summed E-state index contributed by atoms with van der Waals surface area (Å²) in [4.78, 5) is 2.69. The van der Waals surface area contributed by atoms with Crippen molar-refractivity contribution in [2.75, 3.05) is 13.6 Å². The first-order valence-electron chi connectivity index (χ1n) is 7.25. The molecule has 0 amide bonds. The Balaban J connectivity index is 1.91. The summed E-state index contributed by atoms with van der Waals surface area (Å²) in [6, 6.07) is 1.63. The van der Waals surface area contributed by atoms with Crippen LogP contribution in [0.1, 0.15) is 57.8 Å². The predicted molar refractivity (Wildman–Crippen MR) is 69.4 cm³/mol. The van der Waals surface area contributed by atoms with Crippen LogP contribution in [0.3, 0.4) is 0 Å². The summed E-state index contributed by atoms with van der Waals surface area (Å²) < 4.78 is 0. The zero-order valence-electron chi connectivity index (χ0n) is 10.8. The van der Waals surface area contributed by atoms with Gasteiger partial charge in [-0.05, 0) is 45.2 Å². The fraction of sp³-hybridized carbons (Fsp3) is 1.00. The van der Waals surface area contributed by atoms with Gasteiger partial charge in [-0.1, -0.05) is 32.1 Å². The molecule has 16 heavy (non-hydrogen) atoms. The zero-order chi connectivity index (χ0) is 11.4. The normalized spacial score (nSPS) is 33.2. The van der Waals surface area contributed by atoms with E-state index in [1.807, 2.05) is 0 Å². The Bertz CT molecular complexity index is 197. The molecule has 0 radical (unpaired) electrons. The smallest absolute Gasteiger partial charge is 0.0135 e. The number of rotatable bonds is 3. The summed E-state index contributed by atoms with van der Waals surface area (Å²) in [5.41, 5.74) is 5.90. The molecule has 0 spiro atoms. The standard InChI is InChI=1S/C14H28N2/c1-16(13-8-4-2-3-5-9-13)14-10-6-7-12(14)11-15/h12-14H,2-11,15H2,1H3. The van der Waals surface area contributed by atoms with Crippen molar-refractivity contribution in [1.82, 2.24) is 4.90 Å². The third-order valence-electron chi connectivity index (χ3n) is 4.85. The van der Waals surface area contributed by atoms with Crippen molar-refractivity contribution >= 4 is 0 Å². The molecule has 0 aromatic carbocycles. The molecular weight excluding hydrogens is 196 g/mol. The van der Waals surface area contributed by atoms with E-state index in [0.717, 1.165) is 24.5 Å². The van der Waals surface area contributed by atoms with E-state index in [-0.39, 0.29) is 0 Å². The van der Waals surface area contributed by atoms with E-state index >= 15 is 0 Å². The number of hydrogen-bond acceptors (Lipinski definition) is 2. The number of nitrogens with two attached hydrogens (primary N) is 1. The molecule has 0 aromatic heterocycles. The van der Waals surface area contributed by atoms with E-state index in [1.165, 1.54) is 57.8 Å². The molecule has 0 heterocycles. The molecule has 2 nitrogen and oxygen atoms in total. The summed E-state index contributed by atoms with van der Waals surface area (Å²) in [6.07, 6.45) is 12.8. The minimum atomic E-state index is 0.772. The van der Waals surface area contributed by atoms with Crippen LogP contribution in [0.25, 0.3) is 0 Å². The number of nitrogens with zero attached hydrogens (tertiary/aromatic N) is 1. The highest BCUT2D eigenvalue weighted by molar-refractivity contribution is 4.88. The molecular formula is C14H28N2. The van der Waals surface area contributed by atoms with Gasteiger partial charge < -0.3 is 10.6 Å². The van der Waals surface area contributed by atoms with Gasteiger partial charge in [-0.2, -0.15) is 0 Å². The summed E-state index contributed by atoms with van der Waals surface area (Å²) in [7, 11) is 2.36. The first-order valence-corrected chi connectivity index (χ1v) is 7.25. The van der Waals surface area contributed by atoms with Gasteiger partial charge in [0.15, 0.2) is 0 Å². The molecule has 2 atom stereocenters. The molecule has 2 unspecified atom stereocenters. The maximum absolute atomic E-state index is 5.90. The minimum Gasteiger partial charge on any atom is -0.330 e. The molecule has 2 rings (SSSR count). The van der Waals surface area contributed by atoms with Crippen LogP contribution in [0.15, 0.2) is 0 Å². The fourth-order valence-electron chi connectivity index (χ4n) is 3.76. The molecule has 2 fully saturated rings. The molecule has 0 bridgehead atoms. The SMILES string of the molecule is CN(C1CCCCCC1)C1CCCC1CN. The molecule has 0 aliphatic heterocycles. The molecule has 0 aromatic rings. The summed E-state index contributed by atoms with van der Waals surface area (Å²) in [5.74, 6) is 0.772. The lowest BCUT2D eigenvalue weighted by atomic mass is 9.98. The van der Waals surface area contributed by atoms with Crippen molar-refractivity contribution in [2.45, 2.75) is 69.9 Å². The van der Waals surface area contributed by atoms with Crippen LogP contribution in [-0.4, -0.2) is 30.6 Å². The van der Waals surface area contributed by atoms with Crippen LogP contribution in [0.4, 0.5) is 0 Å². The van der Waals surface area contributed by atoms with Crippen LogP contribution >= 0.6 is 0 Å². The topological polar surface area (TPSA) is 29.3 Å². The second-order valence-corrected chi connectivity index (χ2v) is 5.80. The van der Waals surface area contributed by atoms with Crippen molar-refractivity contribution in [3.63, 3.8) is 0 Å². The fourth-order valence-corrected chi connectivity index (χ4v) is 3.76. The highest BCUT2D eigenvalue weighted by Gasteiger charge is 2.32. The van der Waals surface area contributed by atoms with Crippen molar-refractivity contribution < 1.29 is 0 Å². The first kappa shape index (κ1) is 12.4. The Morgan fingerprint density at radius 1 is 0.938 bits per heavy atom. The van der Waals surface area contributed by atoms with Crippen molar-refractivity contribution in [3.05, 3.63) is 0 Å². The van der Waals surface area contributed by atoms with E-state index in [9.17, 15) is 0 Å². The monoisotopic (exact) mass is 224 g/mol. The van der Waals surface area contributed by atoms with E-state index in [1.54, 1.807) is 0 Å².